The molecule has 0 radical (unpaired) electrons. The Kier molecular flexibility index (Phi) is 2.88. The molecular formula is C13H15NO. The van der Waals surface area contributed by atoms with Gasteiger partial charge in [0.2, 0.25) is 0 Å². The number of hydrogen-bond donors (Lipinski definition) is 1. The zero-order valence-electron chi connectivity index (χ0n) is 8.69. The summed E-state index contributed by atoms with van der Waals surface area (Å²) in [4.78, 5) is 0. The van der Waals surface area contributed by atoms with Crippen molar-refractivity contribution >= 4 is 17.0 Å². The molecule has 15 heavy (non-hydrogen) atoms. The Balaban J connectivity index is 2.51. The van der Waals surface area contributed by atoms with Crippen LogP contribution in [0.5, 0.6) is 0 Å². The van der Waals surface area contributed by atoms with Gasteiger partial charge in [0.05, 0.1) is 0 Å². The number of benzene rings is 1. The average molecular weight is 201 g/mol. The molecule has 0 aliphatic carbocycles. The van der Waals surface area contributed by atoms with Crippen molar-refractivity contribution in [1.82, 2.24) is 4.57 Å². The van der Waals surface area contributed by atoms with Crippen molar-refractivity contribution in [2.45, 2.75) is 13.0 Å². The molecule has 0 unspecified atom stereocenters. The number of aliphatic hydroxyl groups is 1. The minimum absolute atomic E-state index is 0.225. The third kappa shape index (κ3) is 1.81. The van der Waals surface area contributed by atoms with Gasteiger partial charge in [0.15, 0.2) is 0 Å². The Hall–Kier alpha value is -1.54. The number of fused-ring (bicyclic) bond motifs is 1. The summed E-state index contributed by atoms with van der Waals surface area (Å²) >= 11 is 0. The Labute approximate surface area is 89.5 Å². The van der Waals surface area contributed by atoms with E-state index in [2.05, 4.69) is 29.3 Å². The molecule has 2 nitrogen and oxygen atoms in total. The van der Waals surface area contributed by atoms with Crippen LogP contribution < -0.4 is 0 Å². The largest absolute Gasteiger partial charge is 0.396 e. The lowest BCUT2D eigenvalue weighted by molar-refractivity contribution is 0.280. The van der Waals surface area contributed by atoms with Gasteiger partial charge in [0, 0.05) is 29.7 Å². The lowest BCUT2D eigenvalue weighted by Crippen LogP contribution is -2.01. The monoisotopic (exact) mass is 201 g/mol. The number of para-hydroxylation sites is 1. The van der Waals surface area contributed by atoms with E-state index < -0.39 is 0 Å². The summed E-state index contributed by atoms with van der Waals surface area (Å²) in [5.74, 6) is 0. The molecule has 1 N–H and O–H groups in total. The first kappa shape index (κ1) is 9.99. The summed E-state index contributed by atoms with van der Waals surface area (Å²) in [5, 5.41) is 10.1. The third-order valence-corrected chi connectivity index (χ3v) is 2.59. The quantitative estimate of drug-likeness (QED) is 0.808. The highest BCUT2D eigenvalue weighted by atomic mass is 16.3. The molecule has 0 atom stereocenters. The predicted octanol–water partition coefficient (Wildman–Crippen LogP) is 2.67. The zero-order chi connectivity index (χ0) is 10.7. The summed E-state index contributed by atoms with van der Waals surface area (Å²) in [6, 6.07) is 10.4. The van der Waals surface area contributed by atoms with Gasteiger partial charge >= 0.3 is 0 Å². The molecule has 0 aliphatic heterocycles. The van der Waals surface area contributed by atoms with Gasteiger partial charge in [-0.05, 0) is 24.6 Å². The van der Waals surface area contributed by atoms with E-state index in [4.69, 9.17) is 5.11 Å². The second-order valence-corrected chi connectivity index (χ2v) is 3.56. The van der Waals surface area contributed by atoms with Crippen molar-refractivity contribution in [2.75, 3.05) is 6.61 Å². The number of aliphatic hydroxyl groups excluding tert-OH is 1. The fraction of sp³-hybridized carbons (Fsp3) is 0.231. The van der Waals surface area contributed by atoms with E-state index in [1.54, 1.807) is 0 Å². The van der Waals surface area contributed by atoms with Crippen LogP contribution in [0.3, 0.4) is 0 Å². The van der Waals surface area contributed by atoms with E-state index in [0.29, 0.717) is 0 Å². The van der Waals surface area contributed by atoms with Gasteiger partial charge in [-0.1, -0.05) is 24.8 Å². The minimum Gasteiger partial charge on any atom is -0.396 e. The van der Waals surface area contributed by atoms with Crippen LogP contribution >= 0.6 is 0 Å². The summed E-state index contributed by atoms with van der Waals surface area (Å²) in [5.41, 5.74) is 2.32. The number of aromatic nitrogens is 1. The summed E-state index contributed by atoms with van der Waals surface area (Å²) < 4.78 is 2.19. The highest BCUT2D eigenvalue weighted by Gasteiger charge is 2.04. The maximum absolute atomic E-state index is 8.86. The Morgan fingerprint density at radius 1 is 1.33 bits per heavy atom. The van der Waals surface area contributed by atoms with Crippen molar-refractivity contribution < 1.29 is 5.11 Å². The fourth-order valence-corrected chi connectivity index (χ4v) is 1.88. The standard InChI is InChI=1S/C13H15NO/c1-2-12-10-11-6-3-4-7-13(11)14(12)8-5-9-15/h2-4,6-7,10,15H,1,5,8-9H2. The van der Waals surface area contributed by atoms with Gasteiger partial charge in [-0.2, -0.15) is 0 Å². The molecule has 1 heterocycles. The number of aryl methyl sites for hydroxylation is 1. The number of rotatable bonds is 4. The van der Waals surface area contributed by atoms with Crippen molar-refractivity contribution in [3.63, 3.8) is 0 Å². The van der Waals surface area contributed by atoms with E-state index in [9.17, 15) is 0 Å². The molecule has 1 aromatic heterocycles. The van der Waals surface area contributed by atoms with Crippen LogP contribution in [0.1, 0.15) is 12.1 Å². The molecule has 0 fully saturated rings. The van der Waals surface area contributed by atoms with Crippen molar-refractivity contribution in [2.24, 2.45) is 0 Å². The predicted molar refractivity (Wildman–Crippen MR) is 63.7 cm³/mol. The number of nitrogens with zero attached hydrogens (tertiary/aromatic N) is 1. The van der Waals surface area contributed by atoms with Crippen LogP contribution in [-0.4, -0.2) is 16.3 Å². The van der Waals surface area contributed by atoms with E-state index in [-0.39, 0.29) is 6.61 Å². The second kappa shape index (κ2) is 4.32. The normalized spacial score (nSPS) is 10.7. The summed E-state index contributed by atoms with van der Waals surface area (Å²) in [7, 11) is 0. The smallest absolute Gasteiger partial charge is 0.0485 e. The van der Waals surface area contributed by atoms with Gasteiger partial charge in [-0.3, -0.25) is 0 Å². The van der Waals surface area contributed by atoms with Gasteiger partial charge in [0.25, 0.3) is 0 Å². The molecule has 0 bridgehead atoms. The maximum Gasteiger partial charge on any atom is 0.0485 e. The molecular weight excluding hydrogens is 186 g/mol. The van der Waals surface area contributed by atoms with Crippen molar-refractivity contribution in [3.8, 4) is 0 Å². The summed E-state index contributed by atoms with van der Waals surface area (Å²) in [6.45, 7) is 4.88. The second-order valence-electron chi connectivity index (χ2n) is 3.56. The number of hydrogen-bond acceptors (Lipinski definition) is 1. The van der Waals surface area contributed by atoms with Crippen LogP contribution in [0, 0.1) is 0 Å². The first-order valence-electron chi connectivity index (χ1n) is 5.18. The van der Waals surface area contributed by atoms with Crippen molar-refractivity contribution in [1.29, 1.82) is 0 Å². The van der Waals surface area contributed by atoms with E-state index in [1.807, 2.05) is 18.2 Å². The van der Waals surface area contributed by atoms with E-state index in [0.717, 1.165) is 18.7 Å². The van der Waals surface area contributed by atoms with Crippen LogP contribution in [0.15, 0.2) is 36.9 Å². The first-order valence-corrected chi connectivity index (χ1v) is 5.18. The molecule has 0 saturated heterocycles. The molecule has 0 aliphatic rings. The van der Waals surface area contributed by atoms with Crippen LogP contribution in [-0.2, 0) is 6.54 Å². The van der Waals surface area contributed by atoms with E-state index in [1.165, 1.54) is 10.9 Å². The third-order valence-electron chi connectivity index (χ3n) is 2.59. The molecule has 0 amide bonds. The van der Waals surface area contributed by atoms with Gasteiger partial charge in [-0.25, -0.2) is 0 Å². The molecule has 0 saturated carbocycles. The van der Waals surface area contributed by atoms with Gasteiger partial charge in [0.1, 0.15) is 0 Å². The Morgan fingerprint density at radius 3 is 2.87 bits per heavy atom. The lowest BCUT2D eigenvalue weighted by atomic mass is 10.2. The topological polar surface area (TPSA) is 25.2 Å². The van der Waals surface area contributed by atoms with Crippen LogP contribution in [0.2, 0.25) is 0 Å². The van der Waals surface area contributed by atoms with Gasteiger partial charge in [-0.15, -0.1) is 0 Å². The minimum atomic E-state index is 0.225. The van der Waals surface area contributed by atoms with Gasteiger partial charge < -0.3 is 9.67 Å². The van der Waals surface area contributed by atoms with E-state index >= 15 is 0 Å². The Morgan fingerprint density at radius 2 is 2.13 bits per heavy atom. The highest BCUT2D eigenvalue weighted by Crippen LogP contribution is 2.20. The highest BCUT2D eigenvalue weighted by molar-refractivity contribution is 5.83. The first-order chi connectivity index (χ1) is 7.36. The zero-order valence-corrected chi connectivity index (χ0v) is 8.69. The lowest BCUT2D eigenvalue weighted by Gasteiger charge is -2.06. The maximum atomic E-state index is 8.86. The summed E-state index contributed by atoms with van der Waals surface area (Å²) in [6.07, 6.45) is 2.64. The van der Waals surface area contributed by atoms with Crippen LogP contribution in [0.25, 0.3) is 17.0 Å². The average Bonchev–Trinajstić information content (AvgIpc) is 2.64. The van der Waals surface area contributed by atoms with Crippen LogP contribution in [0.4, 0.5) is 0 Å². The molecule has 2 rings (SSSR count). The molecule has 2 heteroatoms. The van der Waals surface area contributed by atoms with Crippen molar-refractivity contribution in [3.05, 3.63) is 42.6 Å². The molecule has 78 valence electrons. The molecule has 1 aromatic carbocycles. The Bertz CT molecular complexity index is 470. The molecule has 0 spiro atoms. The molecule has 2 aromatic rings. The SMILES string of the molecule is C=Cc1cc2ccccc2n1CCCO. The fourth-order valence-electron chi connectivity index (χ4n) is 1.88.